The van der Waals surface area contributed by atoms with Crippen LogP contribution in [0.25, 0.3) is 5.76 Å². The number of aliphatic hydroxyl groups is 1. The summed E-state index contributed by atoms with van der Waals surface area (Å²) in [6.07, 6.45) is 1.40. The minimum absolute atomic E-state index is 0.0157. The van der Waals surface area contributed by atoms with Crippen molar-refractivity contribution in [3.05, 3.63) is 93.5 Å². The topological polar surface area (TPSA) is 106 Å². The number of aromatic nitrogens is 1. The van der Waals surface area contributed by atoms with Crippen molar-refractivity contribution in [2.45, 2.75) is 32.9 Å². The number of carbonyl (C=O) groups excluding carboxylic acids is 3. The molecule has 1 aliphatic heterocycles. The number of esters is 1. The first kappa shape index (κ1) is 27.1. The number of ketones is 1. The molecule has 2 aromatic carbocycles. The Kier molecular flexibility index (Phi) is 7.99. The lowest BCUT2D eigenvalue weighted by molar-refractivity contribution is -0.132. The van der Waals surface area contributed by atoms with Gasteiger partial charge in [-0.2, -0.15) is 0 Å². The van der Waals surface area contributed by atoms with Gasteiger partial charge in [-0.15, -0.1) is 0 Å². The molecule has 1 unspecified atom stereocenters. The van der Waals surface area contributed by atoms with Crippen LogP contribution in [-0.2, 0) is 14.3 Å². The number of hydrogen-bond acceptors (Lipinski definition) is 8. The van der Waals surface area contributed by atoms with E-state index < -0.39 is 23.7 Å². The highest BCUT2D eigenvalue weighted by Gasteiger charge is 2.48. The van der Waals surface area contributed by atoms with Crippen molar-refractivity contribution in [3.63, 3.8) is 0 Å². The number of aryl methyl sites for hydroxylation is 1. The van der Waals surface area contributed by atoms with Crippen LogP contribution in [0.4, 0.5) is 5.13 Å². The van der Waals surface area contributed by atoms with Gasteiger partial charge < -0.3 is 14.6 Å². The van der Waals surface area contributed by atoms with Crippen molar-refractivity contribution < 1.29 is 29.0 Å². The highest BCUT2D eigenvalue weighted by Crippen LogP contribution is 2.44. The largest absolute Gasteiger partial charge is 0.507 e. The second-order valence-electron chi connectivity index (χ2n) is 8.71. The molecule has 1 amide bonds. The third kappa shape index (κ3) is 5.34. The molecule has 3 aromatic rings. The lowest BCUT2D eigenvalue weighted by Gasteiger charge is -2.23. The lowest BCUT2D eigenvalue weighted by Crippen LogP contribution is -2.29. The van der Waals surface area contributed by atoms with Crippen LogP contribution < -0.4 is 9.64 Å². The molecular weight excluding hydrogens is 528 g/mol. The Morgan fingerprint density at radius 1 is 1.18 bits per heavy atom. The number of nitrogens with zero attached hydrogens (tertiary/aromatic N) is 2. The molecular formula is C28H25ClN2O6S. The Labute approximate surface area is 228 Å². The van der Waals surface area contributed by atoms with E-state index in [1.165, 1.54) is 11.0 Å². The number of aliphatic hydroxyl groups excluding tert-OH is 1. The van der Waals surface area contributed by atoms with Gasteiger partial charge in [-0.05, 0) is 62.7 Å². The molecule has 8 nitrogen and oxygen atoms in total. The van der Waals surface area contributed by atoms with Gasteiger partial charge in [0.1, 0.15) is 23.0 Å². The van der Waals surface area contributed by atoms with Gasteiger partial charge in [-0.25, -0.2) is 9.78 Å². The summed E-state index contributed by atoms with van der Waals surface area (Å²) in [6.45, 7) is 8.94. The summed E-state index contributed by atoms with van der Waals surface area (Å²) >= 11 is 7.01. The van der Waals surface area contributed by atoms with Crippen LogP contribution >= 0.6 is 22.9 Å². The molecule has 1 N–H and O–H groups in total. The number of amides is 1. The van der Waals surface area contributed by atoms with Crippen molar-refractivity contribution in [2.24, 2.45) is 0 Å². The Balaban J connectivity index is 1.83. The molecule has 1 fully saturated rings. The first-order chi connectivity index (χ1) is 18.1. The van der Waals surface area contributed by atoms with Gasteiger partial charge in [-0.1, -0.05) is 47.7 Å². The predicted molar refractivity (Wildman–Crippen MR) is 146 cm³/mol. The molecule has 196 valence electrons. The quantitative estimate of drug-likeness (QED) is 0.123. The normalized spacial score (nSPS) is 16.7. The molecule has 0 bridgehead atoms. The zero-order chi connectivity index (χ0) is 27.6. The van der Waals surface area contributed by atoms with E-state index in [0.717, 1.165) is 11.3 Å². The van der Waals surface area contributed by atoms with Crippen molar-refractivity contribution in [2.75, 3.05) is 11.5 Å². The average Bonchev–Trinajstić information content (AvgIpc) is 3.39. The highest BCUT2D eigenvalue weighted by molar-refractivity contribution is 7.17. The summed E-state index contributed by atoms with van der Waals surface area (Å²) in [4.78, 5) is 45.0. The molecule has 1 saturated heterocycles. The number of hydrogen-bond donors (Lipinski definition) is 1. The van der Waals surface area contributed by atoms with Crippen LogP contribution in [0.15, 0.2) is 66.8 Å². The van der Waals surface area contributed by atoms with E-state index in [0.29, 0.717) is 27.6 Å². The Hall–Kier alpha value is -3.95. The van der Waals surface area contributed by atoms with Crippen LogP contribution in [0.1, 0.15) is 46.4 Å². The van der Waals surface area contributed by atoms with E-state index in [9.17, 15) is 19.5 Å². The third-order valence-electron chi connectivity index (χ3n) is 5.64. The number of carbonyl (C=O) groups is 3. The summed E-state index contributed by atoms with van der Waals surface area (Å²) < 4.78 is 10.8. The SMILES string of the molecule is C=CCOC(=O)c1sc(N2C(=O)C(=O)/C(=C(/O)c3ccc(OC(C)C)cc3)C2c2ccc(Cl)cc2)nc1C. The monoisotopic (exact) mass is 552 g/mol. The molecule has 10 heteroatoms. The lowest BCUT2D eigenvalue weighted by atomic mass is 9.95. The minimum Gasteiger partial charge on any atom is -0.507 e. The van der Waals surface area contributed by atoms with Gasteiger partial charge in [0.25, 0.3) is 5.78 Å². The number of Topliss-reactive ketones (excluding diaryl/α,β-unsaturated/α-hetero) is 1. The highest BCUT2D eigenvalue weighted by atomic mass is 35.5. The standard InChI is InChI=1S/C28H25ClN2O6S/c1-5-14-36-27(35)25-16(4)30-28(38-25)31-22(17-6-10-19(29)11-7-17)21(24(33)26(31)34)23(32)18-8-12-20(13-9-18)37-15(2)3/h5-13,15,22,32H,1,14H2,2-4H3/b23-21+. The molecule has 1 aliphatic rings. The fourth-order valence-corrected chi connectivity index (χ4v) is 5.10. The molecule has 4 rings (SSSR count). The second kappa shape index (κ2) is 11.2. The van der Waals surface area contributed by atoms with Gasteiger partial charge in [0.2, 0.25) is 0 Å². The van der Waals surface area contributed by atoms with Gasteiger partial charge in [0, 0.05) is 10.6 Å². The maximum Gasteiger partial charge on any atom is 0.350 e. The second-order valence-corrected chi connectivity index (χ2v) is 10.1. The van der Waals surface area contributed by atoms with Crippen molar-refractivity contribution in [3.8, 4) is 5.75 Å². The predicted octanol–water partition coefficient (Wildman–Crippen LogP) is 5.86. The molecule has 38 heavy (non-hydrogen) atoms. The van der Waals surface area contributed by atoms with Crippen LogP contribution in [-0.4, -0.2) is 40.5 Å². The number of benzene rings is 2. The van der Waals surface area contributed by atoms with Crippen molar-refractivity contribution in [1.29, 1.82) is 0 Å². The summed E-state index contributed by atoms with van der Waals surface area (Å²) in [5.74, 6) is -2.13. The number of anilines is 1. The molecule has 1 aromatic heterocycles. The summed E-state index contributed by atoms with van der Waals surface area (Å²) in [7, 11) is 0. The van der Waals surface area contributed by atoms with Crippen molar-refractivity contribution >= 4 is 51.5 Å². The summed E-state index contributed by atoms with van der Waals surface area (Å²) in [6, 6.07) is 12.1. The average molecular weight is 553 g/mol. The van der Waals surface area contributed by atoms with E-state index in [1.807, 2.05) is 13.8 Å². The summed E-state index contributed by atoms with van der Waals surface area (Å²) in [5, 5.41) is 11.9. The van der Waals surface area contributed by atoms with Crippen LogP contribution in [0.3, 0.4) is 0 Å². The third-order valence-corrected chi connectivity index (χ3v) is 7.03. The fraction of sp³-hybridized carbons (Fsp3) is 0.214. The van der Waals surface area contributed by atoms with Crippen LogP contribution in [0, 0.1) is 6.92 Å². The number of ether oxygens (including phenoxy) is 2. The van der Waals surface area contributed by atoms with Gasteiger partial charge >= 0.3 is 11.9 Å². The van der Waals surface area contributed by atoms with Gasteiger partial charge in [0.15, 0.2) is 5.13 Å². The van der Waals surface area contributed by atoms with Crippen LogP contribution in [0.5, 0.6) is 5.75 Å². The molecule has 0 saturated carbocycles. The first-order valence-corrected chi connectivity index (χ1v) is 12.9. The maximum atomic E-state index is 13.4. The molecule has 2 heterocycles. The molecule has 0 radical (unpaired) electrons. The summed E-state index contributed by atoms with van der Waals surface area (Å²) in [5.41, 5.74) is 1.09. The zero-order valence-corrected chi connectivity index (χ0v) is 22.5. The van der Waals surface area contributed by atoms with E-state index in [2.05, 4.69) is 11.6 Å². The van der Waals surface area contributed by atoms with E-state index in [1.54, 1.807) is 55.5 Å². The smallest absolute Gasteiger partial charge is 0.350 e. The molecule has 1 atom stereocenters. The first-order valence-electron chi connectivity index (χ1n) is 11.7. The molecule has 0 spiro atoms. The molecule has 0 aliphatic carbocycles. The van der Waals surface area contributed by atoms with E-state index in [4.69, 9.17) is 21.1 Å². The zero-order valence-electron chi connectivity index (χ0n) is 20.9. The van der Waals surface area contributed by atoms with E-state index in [-0.39, 0.29) is 34.1 Å². The van der Waals surface area contributed by atoms with Gasteiger partial charge in [0.05, 0.1) is 23.4 Å². The Morgan fingerprint density at radius 2 is 1.84 bits per heavy atom. The van der Waals surface area contributed by atoms with Crippen molar-refractivity contribution in [1.82, 2.24) is 4.98 Å². The number of thiazole rings is 1. The maximum absolute atomic E-state index is 13.4. The minimum atomic E-state index is -1.01. The van der Waals surface area contributed by atoms with Gasteiger partial charge in [-0.3, -0.25) is 14.5 Å². The Bertz CT molecular complexity index is 1430. The number of rotatable bonds is 8. The van der Waals surface area contributed by atoms with E-state index >= 15 is 0 Å². The fourth-order valence-electron chi connectivity index (χ4n) is 3.98. The Morgan fingerprint density at radius 3 is 2.45 bits per heavy atom. The van der Waals surface area contributed by atoms with Crippen LogP contribution in [0.2, 0.25) is 5.02 Å². The number of halogens is 1.